The molecule has 1 saturated carbocycles. The van der Waals surface area contributed by atoms with Gasteiger partial charge in [0.15, 0.2) is 0 Å². The van der Waals surface area contributed by atoms with Crippen molar-refractivity contribution in [2.45, 2.75) is 56.6 Å². The number of nitrogens with one attached hydrogen (secondary N) is 1. The molecule has 1 N–H and O–H groups in total. The Bertz CT molecular complexity index is 842. The van der Waals surface area contributed by atoms with Crippen LogP contribution in [0.15, 0.2) is 35.8 Å². The van der Waals surface area contributed by atoms with Crippen LogP contribution in [0.2, 0.25) is 0 Å². The van der Waals surface area contributed by atoms with Gasteiger partial charge in [-0.15, -0.1) is 11.3 Å². The van der Waals surface area contributed by atoms with Crippen molar-refractivity contribution >= 4 is 17.2 Å². The van der Waals surface area contributed by atoms with Gasteiger partial charge in [-0.05, 0) is 49.7 Å². The minimum absolute atomic E-state index is 0.144. The molecular weight excluding hydrogens is 382 g/mol. The van der Waals surface area contributed by atoms with Crippen LogP contribution in [0.5, 0.6) is 5.75 Å². The molecule has 1 aromatic carbocycles. The van der Waals surface area contributed by atoms with E-state index in [1.165, 1.54) is 23.4 Å². The van der Waals surface area contributed by atoms with Crippen LogP contribution in [0.25, 0.3) is 0 Å². The summed E-state index contributed by atoms with van der Waals surface area (Å²) in [6.45, 7) is 3.81. The molecule has 3 heterocycles. The number of likely N-dealkylation sites (tertiary alicyclic amines) is 1. The minimum atomic E-state index is -0.144. The number of carbonyl (C=O) groups excluding carboxylic acids is 1. The highest BCUT2D eigenvalue weighted by Gasteiger charge is 2.43. The maximum Gasteiger partial charge on any atom is 0.220 e. The minimum Gasteiger partial charge on any atom is -0.487 e. The summed E-state index contributed by atoms with van der Waals surface area (Å²) >= 11 is 1.72. The van der Waals surface area contributed by atoms with Crippen molar-refractivity contribution in [2.75, 3.05) is 19.6 Å². The molecule has 2 aromatic rings. The van der Waals surface area contributed by atoms with Crippen molar-refractivity contribution in [3.8, 4) is 5.75 Å². The zero-order valence-corrected chi connectivity index (χ0v) is 17.6. The maximum absolute atomic E-state index is 12.6. The van der Waals surface area contributed by atoms with Crippen LogP contribution < -0.4 is 10.1 Å². The fourth-order valence-electron chi connectivity index (χ4n) is 4.75. The molecule has 3 aliphatic rings. The van der Waals surface area contributed by atoms with E-state index < -0.39 is 0 Å². The third-order valence-electron chi connectivity index (χ3n) is 6.63. The fraction of sp³-hybridized carbons (Fsp3) is 0.565. The lowest BCUT2D eigenvalue weighted by molar-refractivity contribution is -0.122. The number of hydrogen-bond donors (Lipinski definition) is 1. The van der Waals surface area contributed by atoms with E-state index in [0.29, 0.717) is 6.42 Å². The Morgan fingerprint density at radius 3 is 2.86 bits per heavy atom. The van der Waals surface area contributed by atoms with E-state index in [9.17, 15) is 4.79 Å². The topological polar surface area (TPSA) is 54.5 Å². The highest BCUT2D eigenvalue weighted by atomic mass is 32.1. The Hall–Kier alpha value is -1.92. The van der Waals surface area contributed by atoms with Crippen LogP contribution >= 0.6 is 11.3 Å². The van der Waals surface area contributed by atoms with E-state index >= 15 is 0 Å². The number of rotatable bonds is 6. The number of amides is 1. The summed E-state index contributed by atoms with van der Waals surface area (Å²) < 4.78 is 6.59. The molecule has 1 amide bonds. The Kier molecular flexibility index (Phi) is 5.31. The van der Waals surface area contributed by atoms with Gasteiger partial charge >= 0.3 is 0 Å². The van der Waals surface area contributed by atoms with E-state index in [4.69, 9.17) is 4.74 Å². The van der Waals surface area contributed by atoms with Gasteiger partial charge in [-0.25, -0.2) is 4.98 Å². The average molecular weight is 412 g/mol. The van der Waals surface area contributed by atoms with Gasteiger partial charge in [0.05, 0.1) is 6.54 Å². The lowest BCUT2D eigenvalue weighted by Gasteiger charge is -2.46. The third-order valence-corrected chi connectivity index (χ3v) is 7.39. The van der Waals surface area contributed by atoms with Crippen LogP contribution in [0, 0.1) is 5.92 Å². The molecule has 154 valence electrons. The van der Waals surface area contributed by atoms with Gasteiger partial charge in [-0.3, -0.25) is 9.69 Å². The third kappa shape index (κ3) is 4.48. The first-order valence-electron chi connectivity index (χ1n) is 10.8. The van der Waals surface area contributed by atoms with Gasteiger partial charge in [-0.1, -0.05) is 18.2 Å². The molecule has 1 aromatic heterocycles. The molecule has 5 nitrogen and oxygen atoms in total. The molecular formula is C23H29N3O2S. The normalized spacial score (nSPS) is 23.4. The van der Waals surface area contributed by atoms with E-state index in [1.54, 1.807) is 11.3 Å². The molecule has 2 fully saturated rings. The summed E-state index contributed by atoms with van der Waals surface area (Å²) in [5.41, 5.74) is 1.06. The molecule has 0 bridgehead atoms. The number of para-hydroxylation sites is 1. The first-order valence-corrected chi connectivity index (χ1v) is 11.7. The molecule has 6 heteroatoms. The first-order chi connectivity index (χ1) is 14.2. The van der Waals surface area contributed by atoms with Crippen molar-refractivity contribution < 1.29 is 9.53 Å². The van der Waals surface area contributed by atoms with Gasteiger partial charge in [-0.2, -0.15) is 0 Å². The highest BCUT2D eigenvalue weighted by molar-refractivity contribution is 7.09. The Labute approximate surface area is 176 Å². The predicted molar refractivity (Wildman–Crippen MR) is 114 cm³/mol. The number of carbonyl (C=O) groups is 1. The average Bonchev–Trinajstić information content (AvgIpc) is 3.43. The van der Waals surface area contributed by atoms with Gasteiger partial charge < -0.3 is 10.1 Å². The zero-order valence-electron chi connectivity index (χ0n) is 16.8. The van der Waals surface area contributed by atoms with E-state index in [0.717, 1.165) is 57.1 Å². The summed E-state index contributed by atoms with van der Waals surface area (Å²) in [4.78, 5) is 19.5. The molecule has 1 spiro atoms. The molecule has 1 saturated heterocycles. The summed E-state index contributed by atoms with van der Waals surface area (Å²) in [5, 5.41) is 6.38. The smallest absolute Gasteiger partial charge is 0.220 e. The van der Waals surface area contributed by atoms with Crippen molar-refractivity contribution in [3.05, 3.63) is 46.4 Å². The van der Waals surface area contributed by atoms with Crippen LogP contribution in [0.4, 0.5) is 0 Å². The Morgan fingerprint density at radius 1 is 1.28 bits per heavy atom. The van der Waals surface area contributed by atoms with Gasteiger partial charge in [0.2, 0.25) is 5.91 Å². The van der Waals surface area contributed by atoms with Gasteiger partial charge in [0.1, 0.15) is 16.4 Å². The number of ether oxygens (including phenoxy) is 1. The zero-order chi connectivity index (χ0) is 19.7. The van der Waals surface area contributed by atoms with E-state index in [1.807, 2.05) is 17.6 Å². The van der Waals surface area contributed by atoms with Crippen molar-refractivity contribution in [1.82, 2.24) is 15.2 Å². The second-order valence-corrected chi connectivity index (χ2v) is 9.86. The van der Waals surface area contributed by atoms with Crippen LogP contribution in [0.3, 0.4) is 0 Å². The summed E-state index contributed by atoms with van der Waals surface area (Å²) in [7, 11) is 0. The fourth-order valence-corrected chi connectivity index (χ4v) is 5.41. The van der Waals surface area contributed by atoms with Crippen LogP contribution in [0.1, 0.15) is 55.0 Å². The number of hydrogen-bond acceptors (Lipinski definition) is 5. The summed E-state index contributed by atoms with van der Waals surface area (Å²) in [6, 6.07) is 8.32. The first kappa shape index (κ1) is 19.1. The second-order valence-electron chi connectivity index (χ2n) is 8.88. The number of aromatic nitrogens is 1. The quantitative estimate of drug-likeness (QED) is 0.782. The molecule has 0 unspecified atom stereocenters. The number of fused-ring (bicyclic) bond motifs is 1. The summed E-state index contributed by atoms with van der Waals surface area (Å²) in [6.07, 6.45) is 7.93. The standard InChI is InChI=1S/C23H29N3O2S/c27-21(25-15-17-5-6-17)13-18-14-23(28-20-4-2-1-3-19(18)20)7-10-26(11-8-23)16-22-24-9-12-29-22/h1-4,9,12,17-18H,5-8,10-11,13-16H2,(H,25,27)/t18-/m0/s1. The highest BCUT2D eigenvalue weighted by Crippen LogP contribution is 2.46. The van der Waals surface area contributed by atoms with E-state index in [2.05, 4.69) is 33.4 Å². The van der Waals surface area contributed by atoms with Crippen molar-refractivity contribution in [3.63, 3.8) is 0 Å². The summed E-state index contributed by atoms with van der Waals surface area (Å²) in [5.74, 6) is 2.13. The number of benzene rings is 1. The Balaban J connectivity index is 1.26. The lowest BCUT2D eigenvalue weighted by atomic mass is 9.76. The lowest BCUT2D eigenvalue weighted by Crippen LogP contribution is -2.50. The number of nitrogens with zero attached hydrogens (tertiary/aromatic N) is 2. The molecule has 1 atom stereocenters. The monoisotopic (exact) mass is 411 g/mol. The predicted octanol–water partition coefficient (Wildman–Crippen LogP) is 3.96. The molecule has 29 heavy (non-hydrogen) atoms. The van der Waals surface area contributed by atoms with Crippen molar-refractivity contribution in [2.24, 2.45) is 5.92 Å². The largest absolute Gasteiger partial charge is 0.487 e. The molecule has 1 aliphatic carbocycles. The molecule has 2 aliphatic heterocycles. The Morgan fingerprint density at radius 2 is 2.10 bits per heavy atom. The van der Waals surface area contributed by atoms with Gasteiger partial charge in [0, 0.05) is 43.5 Å². The van der Waals surface area contributed by atoms with Crippen LogP contribution in [-0.2, 0) is 11.3 Å². The molecule has 5 rings (SSSR count). The molecule has 0 radical (unpaired) electrons. The van der Waals surface area contributed by atoms with Crippen molar-refractivity contribution in [1.29, 1.82) is 0 Å². The SMILES string of the molecule is O=C(C[C@H]1CC2(CCN(Cc3nccs3)CC2)Oc2ccccc21)NCC1CC1. The maximum atomic E-state index is 12.6. The number of thiazole rings is 1. The second kappa shape index (κ2) is 8.07. The number of piperidine rings is 1. The van der Waals surface area contributed by atoms with E-state index in [-0.39, 0.29) is 17.4 Å². The van der Waals surface area contributed by atoms with Gasteiger partial charge in [0.25, 0.3) is 0 Å². The van der Waals surface area contributed by atoms with Crippen LogP contribution in [-0.4, -0.2) is 41.0 Å².